The lowest BCUT2D eigenvalue weighted by Crippen LogP contribution is -2.00. The van der Waals surface area contributed by atoms with Gasteiger partial charge in [-0.1, -0.05) is 23.9 Å². The highest BCUT2D eigenvalue weighted by Gasteiger charge is 2.14. The number of ether oxygens (including phenoxy) is 1. The fourth-order valence-corrected chi connectivity index (χ4v) is 3.28. The number of carboxylic acid groups (broad SMARTS) is 1. The summed E-state index contributed by atoms with van der Waals surface area (Å²) in [6.45, 7) is 0. The van der Waals surface area contributed by atoms with Crippen LogP contribution in [0.25, 0.3) is 0 Å². The summed E-state index contributed by atoms with van der Waals surface area (Å²) in [5.41, 5.74) is 0.273. The van der Waals surface area contributed by atoms with Crippen molar-refractivity contribution in [2.45, 2.75) is 9.79 Å². The monoisotopic (exact) mass is 338 g/mol. The Balaban J connectivity index is 2.38. The zero-order chi connectivity index (χ0) is 13.8. The predicted octanol–water partition coefficient (Wildman–Crippen LogP) is 4.31. The molecule has 0 amide bonds. The lowest BCUT2D eigenvalue weighted by atomic mass is 10.2. The van der Waals surface area contributed by atoms with E-state index in [9.17, 15) is 9.90 Å². The first-order chi connectivity index (χ1) is 9.11. The van der Waals surface area contributed by atoms with Gasteiger partial charge in [0.2, 0.25) is 0 Å². The number of carboxylic acids is 1. The molecule has 0 heterocycles. The van der Waals surface area contributed by atoms with Crippen LogP contribution in [-0.2, 0) is 0 Å². The fraction of sp³-hybridized carbons (Fsp3) is 0.0714. The molecule has 0 fully saturated rings. The van der Waals surface area contributed by atoms with Crippen molar-refractivity contribution in [1.82, 2.24) is 0 Å². The molecule has 0 aliphatic heterocycles. The van der Waals surface area contributed by atoms with E-state index in [1.54, 1.807) is 19.2 Å². The topological polar surface area (TPSA) is 46.5 Å². The van der Waals surface area contributed by atoms with Crippen molar-refractivity contribution in [3.63, 3.8) is 0 Å². The molecule has 0 radical (unpaired) electrons. The first-order valence-corrected chi connectivity index (χ1v) is 7.06. The van der Waals surface area contributed by atoms with Crippen molar-refractivity contribution >= 4 is 33.7 Å². The summed E-state index contributed by atoms with van der Waals surface area (Å²) < 4.78 is 5.73. The fourth-order valence-electron chi connectivity index (χ4n) is 1.59. The minimum absolute atomic E-state index is 0.273. The van der Waals surface area contributed by atoms with E-state index < -0.39 is 5.97 Å². The second-order valence-corrected chi connectivity index (χ2v) is 5.67. The van der Waals surface area contributed by atoms with Crippen LogP contribution in [-0.4, -0.2) is 18.2 Å². The molecule has 0 bridgehead atoms. The van der Waals surface area contributed by atoms with E-state index >= 15 is 0 Å². The summed E-state index contributed by atoms with van der Waals surface area (Å²) in [6.07, 6.45) is 0. The number of halogens is 1. The minimum Gasteiger partial charge on any atom is -0.497 e. The highest BCUT2D eigenvalue weighted by molar-refractivity contribution is 9.10. The molecule has 0 aliphatic rings. The van der Waals surface area contributed by atoms with Crippen LogP contribution < -0.4 is 4.74 Å². The van der Waals surface area contributed by atoms with E-state index in [4.69, 9.17) is 4.74 Å². The van der Waals surface area contributed by atoms with Gasteiger partial charge in [-0.25, -0.2) is 4.79 Å². The van der Waals surface area contributed by atoms with E-state index in [1.165, 1.54) is 11.8 Å². The zero-order valence-corrected chi connectivity index (χ0v) is 12.5. The Labute approximate surface area is 123 Å². The van der Waals surface area contributed by atoms with E-state index in [2.05, 4.69) is 15.9 Å². The van der Waals surface area contributed by atoms with Crippen molar-refractivity contribution in [3.05, 3.63) is 52.5 Å². The van der Waals surface area contributed by atoms with Crippen molar-refractivity contribution in [2.75, 3.05) is 7.11 Å². The molecular formula is C14H11BrO3S. The molecule has 0 unspecified atom stereocenters. The summed E-state index contributed by atoms with van der Waals surface area (Å²) in [4.78, 5) is 12.9. The Bertz CT molecular complexity index is 613. The van der Waals surface area contributed by atoms with Crippen LogP contribution in [0.3, 0.4) is 0 Å². The van der Waals surface area contributed by atoms with Gasteiger partial charge in [0, 0.05) is 14.3 Å². The van der Waals surface area contributed by atoms with Crippen LogP contribution in [0.5, 0.6) is 5.75 Å². The zero-order valence-electron chi connectivity index (χ0n) is 10.1. The quantitative estimate of drug-likeness (QED) is 0.902. The lowest BCUT2D eigenvalue weighted by Gasteiger charge is -2.08. The predicted molar refractivity (Wildman–Crippen MR) is 78.2 cm³/mol. The molecule has 2 aromatic carbocycles. The molecule has 0 aromatic heterocycles. The number of methoxy groups -OCH3 is 1. The summed E-state index contributed by atoms with van der Waals surface area (Å²) in [5.74, 6) is -0.199. The van der Waals surface area contributed by atoms with E-state index in [-0.39, 0.29) is 5.56 Å². The standard InChI is InChI=1S/C14H11BrO3S/c1-18-9-4-2-5-10(8-9)19-12-7-3-6-11(15)13(12)14(16)17/h2-8H,1H3,(H,16,17). The van der Waals surface area contributed by atoms with Crippen molar-refractivity contribution in [2.24, 2.45) is 0 Å². The van der Waals surface area contributed by atoms with Crippen LogP contribution in [0.4, 0.5) is 0 Å². The summed E-state index contributed by atoms with van der Waals surface area (Å²) >= 11 is 4.67. The molecule has 0 spiro atoms. The summed E-state index contributed by atoms with van der Waals surface area (Å²) in [5, 5.41) is 9.26. The van der Waals surface area contributed by atoms with Gasteiger partial charge >= 0.3 is 5.97 Å². The van der Waals surface area contributed by atoms with Crippen LogP contribution >= 0.6 is 27.7 Å². The Morgan fingerprint density at radius 3 is 2.68 bits per heavy atom. The van der Waals surface area contributed by atoms with Gasteiger partial charge in [-0.2, -0.15) is 0 Å². The van der Waals surface area contributed by atoms with Crippen LogP contribution in [0, 0.1) is 0 Å². The maximum absolute atomic E-state index is 11.3. The normalized spacial score (nSPS) is 10.2. The largest absolute Gasteiger partial charge is 0.497 e. The van der Waals surface area contributed by atoms with Crippen molar-refractivity contribution < 1.29 is 14.6 Å². The lowest BCUT2D eigenvalue weighted by molar-refractivity contribution is 0.0692. The SMILES string of the molecule is COc1cccc(Sc2cccc(Br)c2C(=O)O)c1. The Morgan fingerprint density at radius 2 is 2.00 bits per heavy atom. The highest BCUT2D eigenvalue weighted by atomic mass is 79.9. The molecule has 0 saturated heterocycles. The third-order valence-electron chi connectivity index (χ3n) is 2.46. The average Bonchev–Trinajstić information content (AvgIpc) is 2.38. The first-order valence-electron chi connectivity index (χ1n) is 5.45. The van der Waals surface area contributed by atoms with Crippen LogP contribution in [0.1, 0.15) is 10.4 Å². The van der Waals surface area contributed by atoms with E-state index in [0.717, 1.165) is 10.6 Å². The molecular weight excluding hydrogens is 328 g/mol. The molecule has 5 heteroatoms. The third kappa shape index (κ3) is 3.30. The molecule has 0 atom stereocenters. The second kappa shape index (κ2) is 6.12. The van der Waals surface area contributed by atoms with Gasteiger partial charge in [0.1, 0.15) is 5.75 Å². The van der Waals surface area contributed by atoms with Gasteiger partial charge in [0.15, 0.2) is 0 Å². The Hall–Kier alpha value is -1.46. The maximum atomic E-state index is 11.3. The molecule has 0 aliphatic carbocycles. The molecule has 1 N–H and O–H groups in total. The van der Waals surface area contributed by atoms with Gasteiger partial charge in [-0.15, -0.1) is 0 Å². The van der Waals surface area contributed by atoms with Crippen LogP contribution in [0.2, 0.25) is 0 Å². The Kier molecular flexibility index (Phi) is 4.50. The van der Waals surface area contributed by atoms with Gasteiger partial charge in [-0.05, 0) is 46.3 Å². The summed E-state index contributed by atoms with van der Waals surface area (Å²) in [6, 6.07) is 12.8. The third-order valence-corrected chi connectivity index (χ3v) is 4.17. The van der Waals surface area contributed by atoms with Gasteiger partial charge in [0.25, 0.3) is 0 Å². The Morgan fingerprint density at radius 1 is 1.26 bits per heavy atom. The molecule has 2 rings (SSSR count). The first kappa shape index (κ1) is 14.0. The summed E-state index contributed by atoms with van der Waals surface area (Å²) in [7, 11) is 1.60. The van der Waals surface area contributed by atoms with Gasteiger partial charge in [0.05, 0.1) is 12.7 Å². The van der Waals surface area contributed by atoms with E-state index in [0.29, 0.717) is 9.37 Å². The number of aromatic carboxylic acids is 1. The number of benzene rings is 2. The number of hydrogen-bond acceptors (Lipinski definition) is 3. The number of hydrogen-bond donors (Lipinski definition) is 1. The van der Waals surface area contributed by atoms with Crippen molar-refractivity contribution in [3.8, 4) is 5.75 Å². The smallest absolute Gasteiger partial charge is 0.338 e. The van der Waals surface area contributed by atoms with Crippen molar-refractivity contribution in [1.29, 1.82) is 0 Å². The second-order valence-electron chi connectivity index (χ2n) is 3.70. The van der Waals surface area contributed by atoms with Gasteiger partial charge in [-0.3, -0.25) is 0 Å². The maximum Gasteiger partial charge on any atom is 0.338 e. The highest BCUT2D eigenvalue weighted by Crippen LogP contribution is 2.35. The number of rotatable bonds is 4. The average molecular weight is 339 g/mol. The molecule has 19 heavy (non-hydrogen) atoms. The van der Waals surface area contributed by atoms with Crippen LogP contribution in [0.15, 0.2) is 56.7 Å². The van der Waals surface area contributed by atoms with Gasteiger partial charge < -0.3 is 9.84 Å². The molecule has 0 saturated carbocycles. The van der Waals surface area contributed by atoms with E-state index in [1.807, 2.05) is 30.3 Å². The molecule has 2 aromatic rings. The number of carbonyl (C=O) groups is 1. The molecule has 98 valence electrons. The minimum atomic E-state index is -0.946. The molecule has 3 nitrogen and oxygen atoms in total.